The van der Waals surface area contributed by atoms with Gasteiger partial charge in [-0.05, 0) is 43.7 Å². The van der Waals surface area contributed by atoms with Crippen molar-refractivity contribution < 1.29 is 23.0 Å². The van der Waals surface area contributed by atoms with E-state index < -0.39 is 11.6 Å². The van der Waals surface area contributed by atoms with Gasteiger partial charge in [-0.15, -0.1) is 0 Å². The highest BCUT2D eigenvalue weighted by Gasteiger charge is 2.31. The van der Waals surface area contributed by atoms with Crippen molar-refractivity contribution in [3.05, 3.63) is 35.9 Å². The zero-order valence-electron chi connectivity index (χ0n) is 26.7. The van der Waals surface area contributed by atoms with Crippen molar-refractivity contribution in [2.45, 2.75) is 97.4 Å². The number of anilines is 3. The molecule has 1 heterocycles. The summed E-state index contributed by atoms with van der Waals surface area (Å²) in [7, 11) is 3.25. The van der Waals surface area contributed by atoms with Gasteiger partial charge in [0.15, 0.2) is 28.4 Å². The number of hydrazine groups is 1. The molecule has 2 aliphatic rings. The molecule has 2 atom stereocenters. The van der Waals surface area contributed by atoms with E-state index in [-0.39, 0.29) is 24.6 Å². The molecule has 9 nitrogen and oxygen atoms in total. The fraction of sp³-hybridized carbons (Fsp3) is 0.633. The molecular weight excluding hydrogens is 562 g/mol. The number of thioether (sulfide) groups is 1. The number of carbonyl (C=O) groups is 1. The minimum absolute atomic E-state index is 0.0330. The lowest BCUT2D eigenvalue weighted by molar-refractivity contribution is -0.113. The smallest absolute Gasteiger partial charge is 0.191 e. The molecule has 0 bridgehead atoms. The Morgan fingerprint density at radius 1 is 1.02 bits per heavy atom. The maximum absolute atomic E-state index is 11.9. The quantitative estimate of drug-likeness (QED) is 0.0969. The van der Waals surface area contributed by atoms with E-state index in [4.69, 9.17) is 22.0 Å². The third kappa shape index (κ3) is 18.1. The first-order valence-corrected chi connectivity index (χ1v) is 15.6. The van der Waals surface area contributed by atoms with Gasteiger partial charge in [0.05, 0.1) is 6.10 Å². The molecule has 0 amide bonds. The van der Waals surface area contributed by atoms with Gasteiger partial charge in [-0.2, -0.15) is 0 Å². The van der Waals surface area contributed by atoms with Crippen LogP contribution in [0.15, 0.2) is 29.4 Å². The third-order valence-corrected chi connectivity index (χ3v) is 6.51. The zero-order chi connectivity index (χ0) is 32.5. The zero-order valence-corrected chi connectivity index (χ0v) is 27.6. The predicted octanol–water partition coefficient (Wildman–Crippen LogP) is 6.66. The largest absolute Gasteiger partial charge is 0.393 e. The summed E-state index contributed by atoms with van der Waals surface area (Å²) in [5.74, 6) is 7.32. The number of benzene rings is 1. The van der Waals surface area contributed by atoms with Crippen molar-refractivity contribution in [1.29, 1.82) is 0 Å². The van der Waals surface area contributed by atoms with Gasteiger partial charge in [0.1, 0.15) is 18.6 Å². The Hall–Kier alpha value is -2.54. The summed E-state index contributed by atoms with van der Waals surface area (Å²) in [4.78, 5) is 19.0. The number of rotatable bonds is 8. The number of carbonyl (C=O) groups excluding carboxylic acids is 1. The number of nitrogens with zero attached hydrogens (tertiary/aromatic N) is 3. The van der Waals surface area contributed by atoms with E-state index in [1.807, 2.05) is 27.7 Å². The van der Waals surface area contributed by atoms with Gasteiger partial charge in [-0.3, -0.25) is 5.01 Å². The highest BCUT2D eigenvalue weighted by atomic mass is 32.2. The molecule has 1 aromatic carbocycles. The molecule has 2 saturated carbocycles. The first kappa shape index (κ1) is 41.6. The molecule has 12 heteroatoms. The number of aldehydes is 1. The van der Waals surface area contributed by atoms with Crippen LogP contribution in [-0.2, 0) is 14.3 Å². The fourth-order valence-corrected chi connectivity index (χ4v) is 3.88. The molecule has 4 rings (SSSR count). The van der Waals surface area contributed by atoms with Crippen LogP contribution in [0.5, 0.6) is 0 Å². The molecular formula is C30H54F2N6O3S. The normalized spacial score (nSPS) is 16.3. The van der Waals surface area contributed by atoms with Crippen molar-refractivity contribution in [1.82, 2.24) is 9.97 Å². The number of hydrogen-bond donors (Lipinski definition) is 3. The van der Waals surface area contributed by atoms with Crippen LogP contribution in [0.25, 0.3) is 0 Å². The monoisotopic (exact) mass is 616 g/mol. The maximum atomic E-state index is 11.9. The molecule has 0 aliphatic heterocycles. The number of ether oxygens (including phenoxy) is 2. The van der Waals surface area contributed by atoms with Gasteiger partial charge in [0.2, 0.25) is 0 Å². The van der Waals surface area contributed by atoms with Gasteiger partial charge in [-0.25, -0.2) is 24.6 Å². The molecule has 2 aromatic rings. The number of aromatic nitrogens is 2. The van der Waals surface area contributed by atoms with Crippen LogP contribution >= 0.6 is 11.8 Å². The molecule has 6 N–H and O–H groups in total. The van der Waals surface area contributed by atoms with E-state index in [9.17, 15) is 13.6 Å². The molecule has 0 radical (unpaired) electrons. The molecule has 2 aliphatic carbocycles. The highest BCUT2D eigenvalue weighted by Crippen LogP contribution is 2.33. The molecule has 2 unspecified atom stereocenters. The number of hydrogen-bond acceptors (Lipinski definition) is 10. The topological polar surface area (TPSA) is 143 Å². The van der Waals surface area contributed by atoms with Gasteiger partial charge in [0.25, 0.3) is 0 Å². The molecule has 42 heavy (non-hydrogen) atoms. The molecule has 1 aromatic heterocycles. The van der Waals surface area contributed by atoms with Crippen molar-refractivity contribution in [2.24, 2.45) is 11.8 Å². The van der Waals surface area contributed by atoms with E-state index in [2.05, 4.69) is 28.6 Å². The SMILES string of the molecule is CC.CC.CC1CC1.CCCSc1nc(N)c(N)c(N(N)C2CCC(OCC=O)C2)n1.COC.Fc1ccccc1F. The van der Waals surface area contributed by atoms with Crippen LogP contribution in [-0.4, -0.2) is 55.0 Å². The number of nitrogens with two attached hydrogens (primary N) is 3. The summed E-state index contributed by atoms with van der Waals surface area (Å²) in [5.41, 5.74) is 12.2. The van der Waals surface area contributed by atoms with Crippen molar-refractivity contribution in [2.75, 3.05) is 43.1 Å². The van der Waals surface area contributed by atoms with Crippen LogP contribution in [0.1, 0.15) is 80.1 Å². The number of methoxy groups -OCH3 is 1. The molecule has 0 saturated heterocycles. The van der Waals surface area contributed by atoms with E-state index >= 15 is 0 Å². The van der Waals surface area contributed by atoms with E-state index in [1.165, 1.54) is 36.7 Å². The molecule has 2 fully saturated rings. The minimum Gasteiger partial charge on any atom is -0.393 e. The second-order valence-corrected chi connectivity index (χ2v) is 10.0. The summed E-state index contributed by atoms with van der Waals surface area (Å²) in [6.07, 6.45) is 7.20. The first-order chi connectivity index (χ1) is 20.2. The lowest BCUT2D eigenvalue weighted by atomic mass is 10.2. The van der Waals surface area contributed by atoms with Crippen LogP contribution in [0.4, 0.5) is 26.1 Å². The Morgan fingerprint density at radius 3 is 1.98 bits per heavy atom. The van der Waals surface area contributed by atoms with Crippen molar-refractivity contribution >= 4 is 35.4 Å². The minimum atomic E-state index is -0.799. The summed E-state index contributed by atoms with van der Waals surface area (Å²) in [6, 6.07) is 5.09. The Kier molecular flexibility index (Phi) is 25.9. The molecule has 242 valence electrons. The van der Waals surface area contributed by atoms with Crippen molar-refractivity contribution in [3.63, 3.8) is 0 Å². The van der Waals surface area contributed by atoms with E-state index in [1.54, 1.807) is 19.2 Å². The first-order valence-electron chi connectivity index (χ1n) is 14.6. The van der Waals surface area contributed by atoms with E-state index in [0.717, 1.165) is 55.8 Å². The maximum Gasteiger partial charge on any atom is 0.191 e. The average molecular weight is 617 g/mol. The summed E-state index contributed by atoms with van der Waals surface area (Å²) in [6.45, 7) is 12.5. The summed E-state index contributed by atoms with van der Waals surface area (Å²) >= 11 is 1.53. The van der Waals surface area contributed by atoms with Gasteiger partial charge < -0.3 is 25.7 Å². The Bertz CT molecular complexity index is 936. The average Bonchev–Trinajstić information content (AvgIpc) is 3.64. The fourth-order valence-electron chi connectivity index (χ4n) is 3.18. The van der Waals surface area contributed by atoms with Crippen LogP contribution in [0.2, 0.25) is 0 Å². The third-order valence-electron chi connectivity index (χ3n) is 5.45. The second-order valence-electron chi connectivity index (χ2n) is 8.98. The summed E-state index contributed by atoms with van der Waals surface area (Å²) < 4.78 is 33.6. The Balaban J connectivity index is 0. The lowest BCUT2D eigenvalue weighted by Crippen LogP contribution is -2.41. The van der Waals surface area contributed by atoms with Gasteiger partial charge in [0, 0.05) is 26.0 Å². The molecule has 0 spiro atoms. The van der Waals surface area contributed by atoms with E-state index in [0.29, 0.717) is 16.7 Å². The predicted molar refractivity (Wildman–Crippen MR) is 172 cm³/mol. The highest BCUT2D eigenvalue weighted by molar-refractivity contribution is 7.99. The Morgan fingerprint density at radius 2 is 1.55 bits per heavy atom. The van der Waals surface area contributed by atoms with Crippen molar-refractivity contribution in [3.8, 4) is 0 Å². The summed E-state index contributed by atoms with van der Waals surface area (Å²) in [5, 5.41) is 2.14. The van der Waals surface area contributed by atoms with Gasteiger partial charge in [-0.1, -0.05) is 78.3 Å². The lowest BCUT2D eigenvalue weighted by Gasteiger charge is -2.26. The van der Waals surface area contributed by atoms with Crippen LogP contribution in [0, 0.1) is 17.6 Å². The van der Waals surface area contributed by atoms with Gasteiger partial charge >= 0.3 is 0 Å². The number of nitrogen functional groups attached to an aromatic ring is 2. The van der Waals surface area contributed by atoms with Crippen LogP contribution < -0.4 is 22.3 Å². The second kappa shape index (κ2) is 26.1. The number of halogens is 2. The Labute approximate surface area is 256 Å². The standard InChI is InChI=1S/C14H24N6O2S.C6H4F2.C4H8.C2H6O.2C2H6/c1-2-7-23-14-18-12(16)11(15)13(19-14)20(17)9-3-4-10(8-9)22-6-5-21;7-5-3-1-2-4-6(5)8;1-4-2-3-4;1-3-2;2*1-2/h5,9-10H,2-4,6-8,15,17H2,1H3,(H2,16,18,19);1-4H;4H,2-3H2,1H3;1-2H3;2*1-2H3. The van der Waals surface area contributed by atoms with Crippen LogP contribution in [0.3, 0.4) is 0 Å².